The highest BCUT2D eigenvalue weighted by Crippen LogP contribution is 2.20. The third kappa shape index (κ3) is 5.01. The van der Waals surface area contributed by atoms with E-state index in [2.05, 4.69) is 33.5 Å². The number of nitrogens with one attached hydrogen (secondary N) is 2. The van der Waals surface area contributed by atoms with Crippen LogP contribution in [0.1, 0.15) is 24.9 Å². The second-order valence-electron chi connectivity index (χ2n) is 4.91. The van der Waals surface area contributed by atoms with E-state index >= 15 is 0 Å². The smallest absolute Gasteiger partial charge is 0.269 e. The molecule has 2 N–H and O–H groups in total. The van der Waals surface area contributed by atoms with E-state index in [1.807, 2.05) is 24.3 Å². The standard InChI is InChI=1S/C16H16BrN3O2S/c1-2-15(11-3-5-12(17)6-4-11)19-16(23)18-13-7-9-14(10-8-13)20(21)22/h3-10,15H,2H2,1H3,(H2,18,19,23)/t15-/m0/s1. The monoisotopic (exact) mass is 393 g/mol. The van der Waals surface area contributed by atoms with Gasteiger partial charge in [-0.2, -0.15) is 0 Å². The van der Waals surface area contributed by atoms with Crippen LogP contribution in [0.15, 0.2) is 53.0 Å². The van der Waals surface area contributed by atoms with Crippen LogP contribution in [-0.4, -0.2) is 10.0 Å². The molecule has 0 amide bonds. The van der Waals surface area contributed by atoms with Gasteiger partial charge in [-0.15, -0.1) is 0 Å². The van der Waals surface area contributed by atoms with Crippen molar-refractivity contribution in [3.05, 3.63) is 68.7 Å². The van der Waals surface area contributed by atoms with E-state index in [9.17, 15) is 10.1 Å². The quantitative estimate of drug-likeness (QED) is 0.433. The number of nitro groups is 1. The molecule has 0 saturated heterocycles. The van der Waals surface area contributed by atoms with Crippen molar-refractivity contribution in [2.24, 2.45) is 0 Å². The van der Waals surface area contributed by atoms with E-state index in [0.29, 0.717) is 10.8 Å². The Labute approximate surface area is 148 Å². The van der Waals surface area contributed by atoms with Crippen LogP contribution in [0.4, 0.5) is 11.4 Å². The number of nitrogens with zero attached hydrogens (tertiary/aromatic N) is 1. The van der Waals surface area contributed by atoms with Gasteiger partial charge in [-0.1, -0.05) is 35.0 Å². The maximum Gasteiger partial charge on any atom is 0.269 e. The van der Waals surface area contributed by atoms with Gasteiger partial charge in [-0.3, -0.25) is 10.1 Å². The highest BCUT2D eigenvalue weighted by molar-refractivity contribution is 9.10. The first-order valence-corrected chi connectivity index (χ1v) is 8.27. The number of halogens is 1. The molecule has 0 heterocycles. The Morgan fingerprint density at radius 1 is 1.22 bits per heavy atom. The van der Waals surface area contributed by atoms with E-state index in [1.165, 1.54) is 12.1 Å². The first-order chi connectivity index (χ1) is 11.0. The Balaban J connectivity index is 1.99. The van der Waals surface area contributed by atoms with Crippen LogP contribution in [0, 0.1) is 10.1 Å². The Hall–Kier alpha value is -1.99. The molecule has 0 spiro atoms. The first-order valence-electron chi connectivity index (χ1n) is 7.07. The van der Waals surface area contributed by atoms with Crippen molar-refractivity contribution in [3.8, 4) is 0 Å². The molecular weight excluding hydrogens is 378 g/mol. The normalized spacial score (nSPS) is 11.6. The highest BCUT2D eigenvalue weighted by atomic mass is 79.9. The molecular formula is C16H16BrN3O2S. The number of benzene rings is 2. The molecule has 0 saturated carbocycles. The Morgan fingerprint density at radius 3 is 2.35 bits per heavy atom. The second kappa shape index (κ2) is 8.03. The number of thiocarbonyl (C=S) groups is 1. The fourth-order valence-electron chi connectivity index (χ4n) is 2.11. The van der Waals surface area contributed by atoms with Gasteiger partial charge in [0.15, 0.2) is 5.11 Å². The molecule has 23 heavy (non-hydrogen) atoms. The average molecular weight is 394 g/mol. The van der Waals surface area contributed by atoms with Gasteiger partial charge >= 0.3 is 0 Å². The van der Waals surface area contributed by atoms with E-state index in [0.717, 1.165) is 16.5 Å². The molecule has 2 aromatic carbocycles. The Kier molecular flexibility index (Phi) is 6.06. The molecule has 7 heteroatoms. The van der Waals surface area contributed by atoms with Crippen LogP contribution >= 0.6 is 28.1 Å². The molecule has 120 valence electrons. The summed E-state index contributed by atoms with van der Waals surface area (Å²) < 4.78 is 1.03. The summed E-state index contributed by atoms with van der Waals surface area (Å²) in [4.78, 5) is 10.2. The number of anilines is 1. The fourth-order valence-corrected chi connectivity index (χ4v) is 2.63. The molecule has 0 radical (unpaired) electrons. The van der Waals surface area contributed by atoms with E-state index in [-0.39, 0.29) is 11.7 Å². The largest absolute Gasteiger partial charge is 0.356 e. The zero-order valence-electron chi connectivity index (χ0n) is 12.5. The summed E-state index contributed by atoms with van der Waals surface area (Å²) in [6.07, 6.45) is 0.879. The lowest BCUT2D eigenvalue weighted by molar-refractivity contribution is -0.384. The molecule has 0 fully saturated rings. The molecule has 0 unspecified atom stereocenters. The minimum Gasteiger partial charge on any atom is -0.356 e. The molecule has 2 aromatic rings. The molecule has 0 aliphatic carbocycles. The van der Waals surface area contributed by atoms with Gasteiger partial charge in [0.25, 0.3) is 5.69 Å². The molecule has 1 atom stereocenters. The summed E-state index contributed by atoms with van der Waals surface area (Å²) in [6.45, 7) is 2.08. The van der Waals surface area contributed by atoms with Gasteiger partial charge in [0.05, 0.1) is 11.0 Å². The summed E-state index contributed by atoms with van der Waals surface area (Å²) >= 11 is 8.74. The Bertz CT molecular complexity index is 689. The summed E-state index contributed by atoms with van der Waals surface area (Å²) in [7, 11) is 0. The zero-order valence-corrected chi connectivity index (χ0v) is 14.9. The predicted molar refractivity (Wildman–Crippen MR) is 99.6 cm³/mol. The molecule has 5 nitrogen and oxygen atoms in total. The van der Waals surface area contributed by atoms with Crippen molar-refractivity contribution in [2.45, 2.75) is 19.4 Å². The van der Waals surface area contributed by atoms with Crippen LogP contribution in [-0.2, 0) is 0 Å². The first kappa shape index (κ1) is 17.4. The van der Waals surface area contributed by atoms with Gasteiger partial charge in [0.2, 0.25) is 0 Å². The lowest BCUT2D eigenvalue weighted by atomic mass is 10.1. The number of non-ortho nitro benzene ring substituents is 1. The Morgan fingerprint density at radius 2 is 1.83 bits per heavy atom. The summed E-state index contributed by atoms with van der Waals surface area (Å²) in [5, 5.41) is 17.4. The van der Waals surface area contributed by atoms with E-state index in [4.69, 9.17) is 12.2 Å². The van der Waals surface area contributed by atoms with Crippen LogP contribution in [0.5, 0.6) is 0 Å². The van der Waals surface area contributed by atoms with E-state index in [1.54, 1.807) is 12.1 Å². The molecule has 2 rings (SSSR count). The molecule has 0 aliphatic heterocycles. The fraction of sp³-hybridized carbons (Fsp3) is 0.188. The zero-order chi connectivity index (χ0) is 16.8. The minimum absolute atomic E-state index is 0.0516. The SMILES string of the molecule is CC[C@H](NC(=S)Nc1ccc([N+](=O)[O-])cc1)c1ccc(Br)cc1. The summed E-state index contributed by atoms with van der Waals surface area (Å²) in [6, 6.07) is 14.3. The minimum atomic E-state index is -0.430. The number of hydrogen-bond donors (Lipinski definition) is 2. The van der Waals surface area contributed by atoms with Crippen molar-refractivity contribution < 1.29 is 4.92 Å². The number of nitro benzene ring substituents is 1. The second-order valence-corrected chi connectivity index (χ2v) is 6.24. The van der Waals surface area contributed by atoms with Crippen LogP contribution in [0.25, 0.3) is 0 Å². The van der Waals surface area contributed by atoms with Gasteiger partial charge in [-0.05, 0) is 48.5 Å². The van der Waals surface area contributed by atoms with Gasteiger partial charge in [0.1, 0.15) is 0 Å². The van der Waals surface area contributed by atoms with Crippen LogP contribution < -0.4 is 10.6 Å². The molecule has 0 bridgehead atoms. The predicted octanol–water partition coefficient (Wildman–Crippen LogP) is 4.80. The van der Waals surface area contributed by atoms with Gasteiger partial charge in [0, 0.05) is 22.3 Å². The molecule has 0 aliphatic rings. The van der Waals surface area contributed by atoms with Crippen molar-refractivity contribution in [1.29, 1.82) is 0 Å². The topological polar surface area (TPSA) is 67.2 Å². The average Bonchev–Trinajstić information content (AvgIpc) is 2.54. The van der Waals surface area contributed by atoms with Crippen LogP contribution in [0.2, 0.25) is 0 Å². The van der Waals surface area contributed by atoms with Gasteiger partial charge < -0.3 is 10.6 Å². The lowest BCUT2D eigenvalue weighted by Gasteiger charge is -2.20. The molecule has 0 aromatic heterocycles. The summed E-state index contributed by atoms with van der Waals surface area (Å²) in [5.74, 6) is 0. The summed E-state index contributed by atoms with van der Waals surface area (Å²) in [5.41, 5.74) is 1.90. The van der Waals surface area contributed by atoms with Gasteiger partial charge in [-0.25, -0.2) is 0 Å². The van der Waals surface area contributed by atoms with Crippen molar-refractivity contribution in [1.82, 2.24) is 5.32 Å². The highest BCUT2D eigenvalue weighted by Gasteiger charge is 2.11. The maximum absolute atomic E-state index is 10.6. The number of hydrogen-bond acceptors (Lipinski definition) is 3. The van der Waals surface area contributed by atoms with Crippen molar-refractivity contribution in [2.75, 3.05) is 5.32 Å². The lowest BCUT2D eigenvalue weighted by Crippen LogP contribution is -2.32. The van der Waals surface area contributed by atoms with E-state index < -0.39 is 4.92 Å². The maximum atomic E-state index is 10.6. The third-order valence-corrected chi connectivity index (χ3v) is 4.07. The number of rotatable bonds is 5. The van der Waals surface area contributed by atoms with Crippen LogP contribution in [0.3, 0.4) is 0 Å². The third-order valence-electron chi connectivity index (χ3n) is 3.32. The van der Waals surface area contributed by atoms with Crippen molar-refractivity contribution >= 4 is 44.6 Å². The van der Waals surface area contributed by atoms with Crippen molar-refractivity contribution in [3.63, 3.8) is 0 Å².